The maximum absolute atomic E-state index is 5.94. The van der Waals surface area contributed by atoms with E-state index in [1.807, 2.05) is 0 Å². The molecule has 1 aliphatic heterocycles. The number of nitrogens with zero attached hydrogens (tertiary/aromatic N) is 1. The van der Waals surface area contributed by atoms with Crippen molar-refractivity contribution in [1.82, 2.24) is 4.90 Å². The highest BCUT2D eigenvalue weighted by Gasteiger charge is 2.17. The van der Waals surface area contributed by atoms with Gasteiger partial charge in [-0.15, -0.1) is 0 Å². The third kappa shape index (κ3) is 3.03. The highest BCUT2D eigenvalue weighted by atomic mass is 16.5. The third-order valence-electron chi connectivity index (χ3n) is 3.88. The first-order valence-corrected chi connectivity index (χ1v) is 6.72. The SMILES string of the molecule is COc1cc(C)c(CN2CCC(N)CC2)cc1C. The predicted molar refractivity (Wildman–Crippen MR) is 75.0 cm³/mol. The van der Waals surface area contributed by atoms with Crippen LogP contribution in [0.1, 0.15) is 29.5 Å². The first-order valence-electron chi connectivity index (χ1n) is 6.72. The van der Waals surface area contributed by atoms with Crippen molar-refractivity contribution in [2.45, 2.75) is 39.3 Å². The predicted octanol–water partition coefficient (Wildman–Crippen LogP) is 2.24. The van der Waals surface area contributed by atoms with Crippen LogP contribution in [0.4, 0.5) is 0 Å². The molecule has 0 aromatic heterocycles. The number of benzene rings is 1. The normalized spacial score (nSPS) is 18.0. The molecule has 0 amide bonds. The Kier molecular flexibility index (Phi) is 4.25. The molecule has 3 heteroatoms. The Morgan fingerprint density at radius 3 is 2.50 bits per heavy atom. The first kappa shape index (κ1) is 13.4. The fourth-order valence-corrected chi connectivity index (χ4v) is 2.59. The van der Waals surface area contributed by atoms with Crippen LogP contribution in [0.15, 0.2) is 12.1 Å². The number of methoxy groups -OCH3 is 1. The van der Waals surface area contributed by atoms with Gasteiger partial charge in [0.25, 0.3) is 0 Å². The van der Waals surface area contributed by atoms with Crippen LogP contribution in [0.5, 0.6) is 5.75 Å². The van der Waals surface area contributed by atoms with Gasteiger partial charge in [0.1, 0.15) is 5.75 Å². The van der Waals surface area contributed by atoms with Crippen LogP contribution >= 0.6 is 0 Å². The summed E-state index contributed by atoms with van der Waals surface area (Å²) in [5.41, 5.74) is 9.87. The average Bonchev–Trinajstić information content (AvgIpc) is 2.36. The molecule has 2 rings (SSSR count). The van der Waals surface area contributed by atoms with E-state index >= 15 is 0 Å². The van der Waals surface area contributed by atoms with Gasteiger partial charge in [-0.2, -0.15) is 0 Å². The van der Waals surface area contributed by atoms with Gasteiger partial charge >= 0.3 is 0 Å². The minimum Gasteiger partial charge on any atom is -0.496 e. The fraction of sp³-hybridized carbons (Fsp3) is 0.600. The zero-order valence-corrected chi connectivity index (χ0v) is 11.7. The van der Waals surface area contributed by atoms with Gasteiger partial charge in [-0.05, 0) is 62.5 Å². The summed E-state index contributed by atoms with van der Waals surface area (Å²) in [6, 6.07) is 4.79. The molecule has 2 N–H and O–H groups in total. The van der Waals surface area contributed by atoms with Crippen molar-refractivity contribution in [3.8, 4) is 5.75 Å². The second-order valence-corrected chi connectivity index (χ2v) is 5.36. The van der Waals surface area contributed by atoms with Gasteiger partial charge in [0.15, 0.2) is 0 Å². The molecule has 1 aromatic carbocycles. The summed E-state index contributed by atoms with van der Waals surface area (Å²) in [7, 11) is 1.73. The molecule has 0 unspecified atom stereocenters. The van der Waals surface area contributed by atoms with Crippen molar-refractivity contribution in [1.29, 1.82) is 0 Å². The molecule has 0 saturated carbocycles. The Hall–Kier alpha value is -1.06. The third-order valence-corrected chi connectivity index (χ3v) is 3.88. The van der Waals surface area contributed by atoms with E-state index in [4.69, 9.17) is 10.5 Å². The molecule has 0 atom stereocenters. The van der Waals surface area contributed by atoms with Gasteiger partial charge in [0.2, 0.25) is 0 Å². The molecule has 18 heavy (non-hydrogen) atoms. The van der Waals surface area contributed by atoms with Crippen molar-refractivity contribution >= 4 is 0 Å². The van der Waals surface area contributed by atoms with Gasteiger partial charge in [-0.3, -0.25) is 4.90 Å². The van der Waals surface area contributed by atoms with Crippen molar-refractivity contribution in [3.05, 3.63) is 28.8 Å². The number of aryl methyl sites for hydroxylation is 2. The van der Waals surface area contributed by atoms with Crippen LogP contribution < -0.4 is 10.5 Å². The van der Waals surface area contributed by atoms with Gasteiger partial charge in [-0.25, -0.2) is 0 Å². The molecule has 1 saturated heterocycles. The van der Waals surface area contributed by atoms with Gasteiger partial charge in [-0.1, -0.05) is 6.07 Å². The van der Waals surface area contributed by atoms with Crippen LogP contribution in [0, 0.1) is 13.8 Å². The van der Waals surface area contributed by atoms with Gasteiger partial charge in [0, 0.05) is 12.6 Å². The van der Waals surface area contributed by atoms with E-state index in [1.54, 1.807) is 7.11 Å². The van der Waals surface area contributed by atoms with Crippen molar-refractivity contribution < 1.29 is 4.74 Å². The Morgan fingerprint density at radius 2 is 1.89 bits per heavy atom. The number of hydrogen-bond acceptors (Lipinski definition) is 3. The van der Waals surface area contributed by atoms with E-state index in [-0.39, 0.29) is 0 Å². The summed E-state index contributed by atoms with van der Waals surface area (Å²) >= 11 is 0. The lowest BCUT2D eigenvalue weighted by atomic mass is 10.0. The van der Waals surface area contributed by atoms with Crippen LogP contribution in [0.2, 0.25) is 0 Å². The van der Waals surface area contributed by atoms with E-state index in [9.17, 15) is 0 Å². The summed E-state index contributed by atoms with van der Waals surface area (Å²) in [6.45, 7) is 7.53. The van der Waals surface area contributed by atoms with Crippen molar-refractivity contribution in [2.24, 2.45) is 5.73 Å². The molecular weight excluding hydrogens is 224 g/mol. The standard InChI is InChI=1S/C15H24N2O/c1-11-9-15(18-3)12(2)8-13(11)10-17-6-4-14(16)5-7-17/h8-9,14H,4-7,10,16H2,1-3H3. The quantitative estimate of drug-likeness (QED) is 0.891. The second kappa shape index (κ2) is 5.72. The molecule has 0 aliphatic carbocycles. The maximum atomic E-state index is 5.94. The van der Waals surface area contributed by atoms with Crippen molar-refractivity contribution in [2.75, 3.05) is 20.2 Å². The molecule has 1 heterocycles. The van der Waals surface area contributed by atoms with E-state index in [0.717, 1.165) is 38.2 Å². The Morgan fingerprint density at radius 1 is 1.22 bits per heavy atom. The van der Waals surface area contributed by atoms with Crippen LogP contribution in [-0.2, 0) is 6.54 Å². The average molecular weight is 248 g/mol. The molecule has 1 fully saturated rings. The minimum atomic E-state index is 0.403. The second-order valence-electron chi connectivity index (χ2n) is 5.36. The smallest absolute Gasteiger partial charge is 0.122 e. The van der Waals surface area contributed by atoms with Gasteiger partial charge < -0.3 is 10.5 Å². The lowest BCUT2D eigenvalue weighted by molar-refractivity contribution is 0.205. The topological polar surface area (TPSA) is 38.5 Å². The number of hydrogen-bond donors (Lipinski definition) is 1. The molecule has 0 bridgehead atoms. The Bertz CT molecular complexity index is 409. The summed E-state index contributed by atoms with van der Waals surface area (Å²) < 4.78 is 5.35. The molecule has 1 aromatic rings. The Labute approximate surface area is 110 Å². The largest absolute Gasteiger partial charge is 0.496 e. The monoisotopic (exact) mass is 248 g/mol. The van der Waals surface area contributed by atoms with Gasteiger partial charge in [0.05, 0.1) is 7.11 Å². The summed E-state index contributed by atoms with van der Waals surface area (Å²) in [6.07, 6.45) is 2.24. The zero-order valence-electron chi connectivity index (χ0n) is 11.7. The van der Waals surface area contributed by atoms with E-state index < -0.39 is 0 Å². The lowest BCUT2D eigenvalue weighted by Gasteiger charge is -2.30. The lowest BCUT2D eigenvalue weighted by Crippen LogP contribution is -2.39. The number of ether oxygens (including phenoxy) is 1. The first-order chi connectivity index (χ1) is 8.60. The number of likely N-dealkylation sites (tertiary alicyclic amines) is 1. The minimum absolute atomic E-state index is 0.403. The van der Waals surface area contributed by atoms with Crippen LogP contribution in [-0.4, -0.2) is 31.1 Å². The summed E-state index contributed by atoms with van der Waals surface area (Å²) in [4.78, 5) is 2.50. The molecular formula is C15H24N2O. The zero-order chi connectivity index (χ0) is 13.1. The number of nitrogens with two attached hydrogens (primary N) is 1. The highest BCUT2D eigenvalue weighted by molar-refractivity contribution is 5.41. The van der Waals surface area contributed by atoms with Crippen LogP contribution in [0.25, 0.3) is 0 Å². The number of piperidine rings is 1. The highest BCUT2D eigenvalue weighted by Crippen LogP contribution is 2.24. The number of rotatable bonds is 3. The molecule has 0 spiro atoms. The van der Waals surface area contributed by atoms with E-state index in [0.29, 0.717) is 6.04 Å². The fourth-order valence-electron chi connectivity index (χ4n) is 2.59. The van der Waals surface area contributed by atoms with Crippen molar-refractivity contribution in [3.63, 3.8) is 0 Å². The molecule has 3 nitrogen and oxygen atoms in total. The maximum Gasteiger partial charge on any atom is 0.122 e. The van der Waals surface area contributed by atoms with E-state index in [1.165, 1.54) is 16.7 Å². The Balaban J connectivity index is 2.07. The van der Waals surface area contributed by atoms with E-state index in [2.05, 4.69) is 30.9 Å². The molecule has 100 valence electrons. The molecule has 1 aliphatic rings. The molecule has 0 radical (unpaired) electrons. The summed E-state index contributed by atoms with van der Waals surface area (Å²) in [5.74, 6) is 0.983. The van der Waals surface area contributed by atoms with Crippen LogP contribution in [0.3, 0.4) is 0 Å². The summed E-state index contributed by atoms with van der Waals surface area (Å²) in [5, 5.41) is 0.